The number of hydrogen-bond donors (Lipinski definition) is 1. The molecule has 0 bridgehead atoms. The van der Waals surface area contributed by atoms with Crippen LogP contribution in [0.1, 0.15) is 5.82 Å². The van der Waals surface area contributed by atoms with Gasteiger partial charge in [-0.1, -0.05) is 0 Å². The predicted molar refractivity (Wildman–Crippen MR) is 70.4 cm³/mol. The van der Waals surface area contributed by atoms with Crippen LogP contribution in [0.4, 0.5) is 0 Å². The van der Waals surface area contributed by atoms with Gasteiger partial charge in [0.15, 0.2) is 0 Å². The van der Waals surface area contributed by atoms with Gasteiger partial charge in [0, 0.05) is 0 Å². The molecule has 0 unspecified atom stereocenters. The fourth-order valence-electron chi connectivity index (χ4n) is 1.41. The Morgan fingerprint density at radius 3 is 2.72 bits per heavy atom. The van der Waals surface area contributed by atoms with Crippen LogP contribution in [-0.2, 0) is 0 Å². The lowest BCUT2D eigenvalue weighted by Crippen LogP contribution is -2.08. The molecule has 6 heteroatoms. The minimum atomic E-state index is -0.248. The molecular weight excluding hydrogens is 300 g/mol. The lowest BCUT2D eigenvalue weighted by atomic mass is 10.3. The van der Waals surface area contributed by atoms with Crippen LogP contribution in [0.5, 0.6) is 17.4 Å². The zero-order valence-corrected chi connectivity index (χ0v) is 11.4. The van der Waals surface area contributed by atoms with E-state index in [1.54, 1.807) is 32.2 Å². The van der Waals surface area contributed by atoms with Gasteiger partial charge in [0.1, 0.15) is 17.3 Å². The molecule has 2 rings (SSSR count). The normalized spacial score (nSPS) is 10.2. The summed E-state index contributed by atoms with van der Waals surface area (Å²) in [5.74, 6) is 2.03. The molecule has 0 aliphatic heterocycles. The zero-order chi connectivity index (χ0) is 13.1. The van der Waals surface area contributed by atoms with Crippen molar-refractivity contribution >= 4 is 15.9 Å². The molecule has 0 saturated heterocycles. The quantitative estimate of drug-likeness (QED) is 0.946. The average molecular weight is 311 g/mol. The number of hydrogen-bond acceptors (Lipinski definition) is 4. The van der Waals surface area contributed by atoms with Crippen molar-refractivity contribution in [1.82, 2.24) is 9.97 Å². The number of ether oxygens (including phenoxy) is 2. The van der Waals surface area contributed by atoms with Gasteiger partial charge < -0.3 is 14.5 Å². The third-order valence-electron chi connectivity index (χ3n) is 2.19. The molecule has 0 amide bonds. The SMILES string of the molecule is COc1ccc(Oc2cc(=O)[nH]c(C)n2)c(Br)c1. The first-order valence-corrected chi connectivity index (χ1v) is 5.97. The number of aromatic amines is 1. The first-order chi connectivity index (χ1) is 8.58. The molecule has 0 radical (unpaired) electrons. The molecule has 0 fully saturated rings. The Morgan fingerprint density at radius 2 is 2.11 bits per heavy atom. The van der Waals surface area contributed by atoms with Crippen molar-refractivity contribution in [3.05, 3.63) is 44.9 Å². The number of benzene rings is 1. The second kappa shape index (κ2) is 5.22. The van der Waals surface area contributed by atoms with Crippen LogP contribution >= 0.6 is 15.9 Å². The Labute approximate surface area is 112 Å². The molecule has 0 aliphatic carbocycles. The van der Waals surface area contributed by atoms with E-state index in [9.17, 15) is 4.79 Å². The molecular formula is C12H11BrN2O3. The maximum absolute atomic E-state index is 11.3. The van der Waals surface area contributed by atoms with Crippen molar-refractivity contribution in [3.63, 3.8) is 0 Å². The van der Waals surface area contributed by atoms with E-state index in [0.29, 0.717) is 17.3 Å². The molecule has 1 N–H and O–H groups in total. The number of rotatable bonds is 3. The Morgan fingerprint density at radius 1 is 1.33 bits per heavy atom. The number of methoxy groups -OCH3 is 1. The van der Waals surface area contributed by atoms with Gasteiger partial charge in [0.25, 0.3) is 5.56 Å². The fraction of sp³-hybridized carbons (Fsp3) is 0.167. The van der Waals surface area contributed by atoms with Gasteiger partial charge in [0.05, 0.1) is 17.6 Å². The molecule has 5 nitrogen and oxygen atoms in total. The van der Waals surface area contributed by atoms with Gasteiger partial charge in [-0.2, -0.15) is 0 Å². The van der Waals surface area contributed by atoms with E-state index in [1.807, 2.05) is 0 Å². The maximum atomic E-state index is 11.3. The van der Waals surface area contributed by atoms with Crippen molar-refractivity contribution in [2.24, 2.45) is 0 Å². The topological polar surface area (TPSA) is 64.2 Å². The van der Waals surface area contributed by atoms with Crippen LogP contribution in [0.25, 0.3) is 0 Å². The van der Waals surface area contributed by atoms with Crippen molar-refractivity contribution in [2.45, 2.75) is 6.92 Å². The molecule has 0 atom stereocenters. The van der Waals surface area contributed by atoms with E-state index < -0.39 is 0 Å². The van der Waals surface area contributed by atoms with Crippen LogP contribution in [0, 0.1) is 6.92 Å². The Balaban J connectivity index is 2.31. The number of aromatic nitrogens is 2. The van der Waals surface area contributed by atoms with Gasteiger partial charge in [-0.25, -0.2) is 4.98 Å². The molecule has 1 aromatic heterocycles. The predicted octanol–water partition coefficient (Wildman–Crippen LogP) is 2.64. The van der Waals surface area contributed by atoms with Crippen molar-refractivity contribution in [1.29, 1.82) is 0 Å². The Bertz CT molecular complexity index is 625. The summed E-state index contributed by atoms with van der Waals surface area (Å²) in [5, 5.41) is 0. The summed E-state index contributed by atoms with van der Waals surface area (Å²) in [6, 6.07) is 6.57. The van der Waals surface area contributed by atoms with Gasteiger partial charge >= 0.3 is 0 Å². The van der Waals surface area contributed by atoms with Gasteiger partial charge in [-0.3, -0.25) is 4.79 Å². The van der Waals surface area contributed by atoms with Crippen LogP contribution in [0.2, 0.25) is 0 Å². The molecule has 0 saturated carbocycles. The average Bonchev–Trinajstić information content (AvgIpc) is 2.30. The molecule has 1 heterocycles. The smallest absolute Gasteiger partial charge is 0.254 e. The number of aryl methyl sites for hydroxylation is 1. The Kier molecular flexibility index (Phi) is 3.66. The highest BCUT2D eigenvalue weighted by molar-refractivity contribution is 9.10. The van der Waals surface area contributed by atoms with Gasteiger partial charge in [-0.15, -0.1) is 0 Å². The van der Waals surface area contributed by atoms with Crippen LogP contribution in [-0.4, -0.2) is 17.1 Å². The Hall–Kier alpha value is -1.82. The lowest BCUT2D eigenvalue weighted by Gasteiger charge is -2.08. The third-order valence-corrected chi connectivity index (χ3v) is 2.81. The summed E-state index contributed by atoms with van der Waals surface area (Å²) >= 11 is 3.36. The zero-order valence-electron chi connectivity index (χ0n) is 9.86. The molecule has 94 valence electrons. The summed E-state index contributed by atoms with van der Waals surface area (Å²) in [5.41, 5.74) is -0.248. The maximum Gasteiger partial charge on any atom is 0.254 e. The monoisotopic (exact) mass is 310 g/mol. The summed E-state index contributed by atoms with van der Waals surface area (Å²) in [6.45, 7) is 1.69. The minimum absolute atomic E-state index is 0.248. The molecule has 0 spiro atoms. The summed E-state index contributed by atoms with van der Waals surface area (Å²) in [4.78, 5) is 17.9. The standard InChI is InChI=1S/C12H11BrN2O3/c1-7-14-11(16)6-12(15-7)18-10-4-3-8(17-2)5-9(10)13/h3-6H,1-2H3,(H,14,15,16). The van der Waals surface area contributed by atoms with E-state index in [1.165, 1.54) is 6.07 Å². The summed E-state index contributed by atoms with van der Waals surface area (Å²) in [7, 11) is 1.59. The van der Waals surface area contributed by atoms with Crippen molar-refractivity contribution in [2.75, 3.05) is 7.11 Å². The van der Waals surface area contributed by atoms with E-state index >= 15 is 0 Å². The van der Waals surface area contributed by atoms with Crippen molar-refractivity contribution < 1.29 is 9.47 Å². The largest absolute Gasteiger partial charge is 0.497 e. The molecule has 0 aliphatic rings. The highest BCUT2D eigenvalue weighted by Gasteiger charge is 2.06. The highest BCUT2D eigenvalue weighted by Crippen LogP contribution is 2.31. The van der Waals surface area contributed by atoms with Crippen LogP contribution < -0.4 is 15.0 Å². The number of nitrogens with zero attached hydrogens (tertiary/aromatic N) is 1. The van der Waals surface area contributed by atoms with Gasteiger partial charge in [0.2, 0.25) is 5.88 Å². The van der Waals surface area contributed by atoms with E-state index in [0.717, 1.165) is 4.47 Å². The van der Waals surface area contributed by atoms with Crippen LogP contribution in [0.15, 0.2) is 33.5 Å². The summed E-state index contributed by atoms with van der Waals surface area (Å²) in [6.07, 6.45) is 0. The second-order valence-corrected chi connectivity index (χ2v) is 4.42. The minimum Gasteiger partial charge on any atom is -0.497 e. The number of nitrogens with one attached hydrogen (secondary N) is 1. The highest BCUT2D eigenvalue weighted by atomic mass is 79.9. The first kappa shape index (κ1) is 12.6. The first-order valence-electron chi connectivity index (χ1n) is 5.18. The van der Waals surface area contributed by atoms with E-state index in [2.05, 4.69) is 25.9 Å². The number of halogens is 1. The van der Waals surface area contributed by atoms with Crippen LogP contribution in [0.3, 0.4) is 0 Å². The molecule has 1 aromatic carbocycles. The molecule has 18 heavy (non-hydrogen) atoms. The summed E-state index contributed by atoms with van der Waals surface area (Å²) < 4.78 is 11.3. The van der Waals surface area contributed by atoms with E-state index in [-0.39, 0.29) is 11.4 Å². The van der Waals surface area contributed by atoms with Gasteiger partial charge in [-0.05, 0) is 41.1 Å². The van der Waals surface area contributed by atoms with E-state index in [4.69, 9.17) is 9.47 Å². The molecule has 2 aromatic rings. The second-order valence-electron chi connectivity index (χ2n) is 3.57. The van der Waals surface area contributed by atoms with Crippen molar-refractivity contribution in [3.8, 4) is 17.4 Å². The fourth-order valence-corrected chi connectivity index (χ4v) is 1.85. The lowest BCUT2D eigenvalue weighted by molar-refractivity contribution is 0.411. The third kappa shape index (κ3) is 2.89. The number of H-pyrrole nitrogens is 1.